The zero-order chi connectivity index (χ0) is 14.9. The summed E-state index contributed by atoms with van der Waals surface area (Å²) in [5.74, 6) is -3.66. The van der Waals surface area contributed by atoms with Crippen molar-refractivity contribution < 1.29 is 27.9 Å². The van der Waals surface area contributed by atoms with Crippen molar-refractivity contribution in [3.05, 3.63) is 0 Å². The molecule has 0 unspecified atom stereocenters. The van der Waals surface area contributed by atoms with Gasteiger partial charge in [0.2, 0.25) is 5.91 Å². The lowest BCUT2D eigenvalue weighted by Gasteiger charge is -2.35. The molecule has 0 radical (unpaired) electrons. The van der Waals surface area contributed by atoms with E-state index in [1.807, 2.05) is 0 Å². The monoisotopic (exact) mass is 293 g/mol. The highest BCUT2D eigenvalue weighted by Crippen LogP contribution is 2.40. The molecular weight excluding hydrogens is 275 g/mol. The summed E-state index contributed by atoms with van der Waals surface area (Å²) in [4.78, 5) is 22.6. The van der Waals surface area contributed by atoms with Crippen LogP contribution in [0.15, 0.2) is 0 Å². The predicted octanol–water partition coefficient (Wildman–Crippen LogP) is 2.33. The minimum Gasteiger partial charge on any atom is -0.481 e. The summed E-state index contributed by atoms with van der Waals surface area (Å²) >= 11 is 0. The van der Waals surface area contributed by atoms with Gasteiger partial charge in [-0.25, -0.2) is 0 Å². The van der Waals surface area contributed by atoms with E-state index in [-0.39, 0.29) is 24.8 Å². The quantitative estimate of drug-likeness (QED) is 0.839. The summed E-state index contributed by atoms with van der Waals surface area (Å²) in [6, 6.07) is -0.199. The second-order valence-corrected chi connectivity index (χ2v) is 5.81. The van der Waals surface area contributed by atoms with Gasteiger partial charge in [-0.05, 0) is 32.1 Å². The Hall–Kier alpha value is -1.27. The standard InChI is InChI=1S/C13H18F3NO3/c14-13(15,16)9-3-1-2-7(4-9)11(18)17-10-5-8(6-10)12(19)20/h7-10H,1-6H2,(H,17,18)(H,19,20)/t7-,8?,9+,10?/m1/s1. The van der Waals surface area contributed by atoms with Gasteiger partial charge in [0.05, 0.1) is 11.8 Å². The molecule has 2 aliphatic carbocycles. The number of nitrogens with one attached hydrogen (secondary N) is 1. The number of carboxylic acids is 1. The summed E-state index contributed by atoms with van der Waals surface area (Å²) in [6.07, 6.45) is -2.66. The van der Waals surface area contributed by atoms with E-state index in [4.69, 9.17) is 5.11 Å². The Bertz CT molecular complexity index is 391. The van der Waals surface area contributed by atoms with Crippen LogP contribution in [0.4, 0.5) is 13.2 Å². The molecule has 7 heteroatoms. The average molecular weight is 293 g/mol. The lowest BCUT2D eigenvalue weighted by atomic mass is 9.78. The first-order chi connectivity index (χ1) is 9.27. The summed E-state index contributed by atoms with van der Waals surface area (Å²) in [6.45, 7) is 0. The van der Waals surface area contributed by atoms with E-state index >= 15 is 0 Å². The van der Waals surface area contributed by atoms with Gasteiger partial charge in [-0.15, -0.1) is 0 Å². The second-order valence-electron chi connectivity index (χ2n) is 5.81. The molecule has 0 aromatic rings. The number of halogens is 3. The molecule has 2 rings (SSSR count). The zero-order valence-corrected chi connectivity index (χ0v) is 10.9. The van der Waals surface area contributed by atoms with E-state index in [0.717, 1.165) is 0 Å². The molecule has 2 saturated carbocycles. The molecule has 2 fully saturated rings. The number of alkyl halides is 3. The summed E-state index contributed by atoms with van der Waals surface area (Å²) < 4.78 is 38.0. The maximum atomic E-state index is 12.7. The van der Waals surface area contributed by atoms with E-state index in [1.54, 1.807) is 0 Å². The van der Waals surface area contributed by atoms with Gasteiger partial charge in [-0.1, -0.05) is 6.42 Å². The van der Waals surface area contributed by atoms with Crippen molar-refractivity contribution in [1.29, 1.82) is 0 Å². The first-order valence-corrected chi connectivity index (χ1v) is 6.87. The Morgan fingerprint density at radius 1 is 1.05 bits per heavy atom. The van der Waals surface area contributed by atoms with Gasteiger partial charge in [-0.2, -0.15) is 13.2 Å². The number of aliphatic carboxylic acids is 1. The molecule has 0 bridgehead atoms. The van der Waals surface area contributed by atoms with Gasteiger partial charge in [0.25, 0.3) is 0 Å². The van der Waals surface area contributed by atoms with E-state index in [2.05, 4.69) is 5.32 Å². The van der Waals surface area contributed by atoms with Crippen molar-refractivity contribution in [3.8, 4) is 0 Å². The van der Waals surface area contributed by atoms with Crippen molar-refractivity contribution in [2.24, 2.45) is 17.8 Å². The van der Waals surface area contributed by atoms with Crippen LogP contribution in [0.25, 0.3) is 0 Å². The van der Waals surface area contributed by atoms with Crippen LogP contribution in [0, 0.1) is 17.8 Å². The molecule has 4 nitrogen and oxygen atoms in total. The number of carboxylic acid groups (broad SMARTS) is 1. The molecule has 2 N–H and O–H groups in total. The zero-order valence-electron chi connectivity index (χ0n) is 10.9. The van der Waals surface area contributed by atoms with Crippen LogP contribution in [0.5, 0.6) is 0 Å². The molecule has 20 heavy (non-hydrogen) atoms. The lowest BCUT2D eigenvalue weighted by Crippen LogP contribution is -2.49. The van der Waals surface area contributed by atoms with E-state index in [1.165, 1.54) is 0 Å². The number of hydrogen-bond acceptors (Lipinski definition) is 2. The normalized spacial score (nSPS) is 34.1. The second kappa shape index (κ2) is 5.61. The van der Waals surface area contributed by atoms with Crippen LogP contribution >= 0.6 is 0 Å². The summed E-state index contributed by atoms with van der Waals surface area (Å²) in [5, 5.41) is 11.4. The van der Waals surface area contributed by atoms with Gasteiger partial charge in [0.1, 0.15) is 0 Å². The summed E-state index contributed by atoms with van der Waals surface area (Å²) in [7, 11) is 0. The highest BCUT2D eigenvalue weighted by molar-refractivity contribution is 5.80. The molecule has 114 valence electrons. The number of carbonyl (C=O) groups excluding carboxylic acids is 1. The molecule has 2 aliphatic rings. The highest BCUT2D eigenvalue weighted by atomic mass is 19.4. The van der Waals surface area contributed by atoms with Gasteiger partial charge in [0, 0.05) is 12.0 Å². The minimum atomic E-state index is -4.23. The van der Waals surface area contributed by atoms with Gasteiger partial charge >= 0.3 is 12.1 Å². The number of hydrogen-bond donors (Lipinski definition) is 2. The van der Waals surface area contributed by atoms with Crippen LogP contribution in [-0.2, 0) is 9.59 Å². The third kappa shape index (κ3) is 3.43. The highest BCUT2D eigenvalue weighted by Gasteiger charge is 2.44. The smallest absolute Gasteiger partial charge is 0.391 e. The maximum absolute atomic E-state index is 12.7. The van der Waals surface area contributed by atoms with E-state index in [0.29, 0.717) is 25.7 Å². The van der Waals surface area contributed by atoms with Crippen molar-refractivity contribution >= 4 is 11.9 Å². The van der Waals surface area contributed by atoms with Crippen molar-refractivity contribution in [1.82, 2.24) is 5.32 Å². The van der Waals surface area contributed by atoms with E-state index < -0.39 is 29.9 Å². The van der Waals surface area contributed by atoms with Gasteiger partial charge < -0.3 is 10.4 Å². The lowest BCUT2D eigenvalue weighted by molar-refractivity contribution is -0.186. The molecule has 0 saturated heterocycles. The third-order valence-electron chi connectivity index (χ3n) is 4.34. The minimum absolute atomic E-state index is 0.0950. The fraction of sp³-hybridized carbons (Fsp3) is 0.846. The van der Waals surface area contributed by atoms with Crippen molar-refractivity contribution in [2.45, 2.75) is 50.7 Å². The predicted molar refractivity (Wildman–Crippen MR) is 63.8 cm³/mol. The fourth-order valence-corrected chi connectivity index (χ4v) is 2.98. The third-order valence-corrected chi connectivity index (χ3v) is 4.34. The van der Waals surface area contributed by atoms with Crippen LogP contribution in [0.3, 0.4) is 0 Å². The first-order valence-electron chi connectivity index (χ1n) is 6.87. The largest absolute Gasteiger partial charge is 0.481 e. The van der Waals surface area contributed by atoms with Gasteiger partial charge in [0.15, 0.2) is 0 Å². The van der Waals surface area contributed by atoms with Crippen LogP contribution < -0.4 is 5.32 Å². The average Bonchev–Trinajstić information content (AvgIpc) is 2.31. The van der Waals surface area contributed by atoms with Crippen LogP contribution in [-0.4, -0.2) is 29.2 Å². The molecule has 0 aromatic heterocycles. The fourth-order valence-electron chi connectivity index (χ4n) is 2.98. The Balaban J connectivity index is 1.80. The molecule has 0 aliphatic heterocycles. The molecule has 2 atom stereocenters. The number of rotatable bonds is 3. The summed E-state index contributed by atoms with van der Waals surface area (Å²) in [5.41, 5.74) is 0. The Labute approximate surface area is 114 Å². The topological polar surface area (TPSA) is 66.4 Å². The van der Waals surface area contributed by atoms with Gasteiger partial charge in [-0.3, -0.25) is 9.59 Å². The number of amides is 1. The maximum Gasteiger partial charge on any atom is 0.391 e. The molecule has 1 amide bonds. The van der Waals surface area contributed by atoms with Crippen molar-refractivity contribution in [2.75, 3.05) is 0 Å². The van der Waals surface area contributed by atoms with E-state index in [9.17, 15) is 22.8 Å². The molecular formula is C13H18F3NO3. The molecule has 0 heterocycles. The molecule has 0 aromatic carbocycles. The number of carbonyl (C=O) groups is 2. The Kier molecular flexibility index (Phi) is 4.25. The van der Waals surface area contributed by atoms with Crippen LogP contribution in [0.2, 0.25) is 0 Å². The van der Waals surface area contributed by atoms with Crippen molar-refractivity contribution in [3.63, 3.8) is 0 Å². The Morgan fingerprint density at radius 2 is 1.70 bits per heavy atom. The first kappa shape index (κ1) is 15.1. The van der Waals surface area contributed by atoms with Crippen LogP contribution in [0.1, 0.15) is 38.5 Å². The SMILES string of the molecule is O=C(O)C1CC(NC(=O)[C@@H]2CCC[C@H](C(F)(F)F)C2)C1. The Morgan fingerprint density at radius 3 is 2.25 bits per heavy atom. The molecule has 0 spiro atoms.